The zero-order chi connectivity index (χ0) is 10.8. The molecule has 0 aliphatic carbocycles. The summed E-state index contributed by atoms with van der Waals surface area (Å²) >= 11 is 0. The molecule has 0 radical (unpaired) electrons. The first-order chi connectivity index (χ1) is 7.16. The molecule has 0 saturated carbocycles. The molecule has 0 N–H and O–H groups in total. The molecule has 1 aromatic heterocycles. The fourth-order valence-electron chi connectivity index (χ4n) is 1.82. The Bertz CT molecular complexity index is 339. The van der Waals surface area contributed by atoms with Crippen LogP contribution in [0.5, 0.6) is 0 Å². The number of hydrogen-bond acceptors (Lipinski definition) is 4. The third kappa shape index (κ3) is 2.26. The van der Waals surface area contributed by atoms with Crippen LogP contribution >= 0.6 is 0 Å². The molecule has 0 bridgehead atoms. The molecule has 0 spiro atoms. The molecular weight excluding hydrogens is 188 g/mol. The van der Waals surface area contributed by atoms with Crippen LogP contribution in [-0.4, -0.2) is 47.6 Å². The summed E-state index contributed by atoms with van der Waals surface area (Å²) in [6, 6.07) is 2.51. The van der Waals surface area contributed by atoms with Crippen LogP contribution in [-0.2, 0) is 0 Å². The molecule has 4 heteroatoms. The minimum absolute atomic E-state index is 0.572. The van der Waals surface area contributed by atoms with Gasteiger partial charge >= 0.3 is 0 Å². The maximum absolute atomic E-state index is 4.45. The quantitative estimate of drug-likeness (QED) is 0.684. The molecule has 0 amide bonds. The van der Waals surface area contributed by atoms with Crippen molar-refractivity contribution in [2.24, 2.45) is 0 Å². The SMILES string of the molecule is Cc1ccnc(N2CCN(C)[C@H](C)C2)n1. The van der Waals surface area contributed by atoms with Crippen molar-refractivity contribution in [2.45, 2.75) is 19.9 Å². The Morgan fingerprint density at radius 1 is 1.40 bits per heavy atom. The van der Waals surface area contributed by atoms with Crippen molar-refractivity contribution in [2.75, 3.05) is 31.6 Å². The zero-order valence-corrected chi connectivity index (χ0v) is 9.64. The standard InChI is InChI=1S/C11H18N4/c1-9-4-5-12-11(13-9)15-7-6-14(3)10(2)8-15/h4-5,10H,6-8H2,1-3H3/t10-/m1/s1. The summed E-state index contributed by atoms with van der Waals surface area (Å²) in [5.41, 5.74) is 1.03. The highest BCUT2D eigenvalue weighted by molar-refractivity contribution is 5.31. The van der Waals surface area contributed by atoms with Gasteiger partial charge in [0.15, 0.2) is 0 Å². The predicted molar refractivity (Wildman–Crippen MR) is 61.1 cm³/mol. The highest BCUT2D eigenvalue weighted by Crippen LogP contribution is 2.13. The highest BCUT2D eigenvalue weighted by atomic mass is 15.3. The van der Waals surface area contributed by atoms with Gasteiger partial charge in [-0.2, -0.15) is 0 Å². The Balaban J connectivity index is 2.12. The van der Waals surface area contributed by atoms with Crippen LogP contribution in [0.2, 0.25) is 0 Å². The van der Waals surface area contributed by atoms with E-state index in [9.17, 15) is 0 Å². The molecule has 2 rings (SSSR count). The molecule has 0 aromatic carbocycles. The molecule has 2 heterocycles. The summed E-state index contributed by atoms with van der Waals surface area (Å²) in [5, 5.41) is 0. The minimum Gasteiger partial charge on any atom is -0.338 e. The zero-order valence-electron chi connectivity index (χ0n) is 9.64. The maximum atomic E-state index is 4.45. The van der Waals surface area contributed by atoms with E-state index in [-0.39, 0.29) is 0 Å². The van der Waals surface area contributed by atoms with Gasteiger partial charge in [0.05, 0.1) is 0 Å². The smallest absolute Gasteiger partial charge is 0.225 e. The lowest BCUT2D eigenvalue weighted by Crippen LogP contribution is -2.50. The first-order valence-electron chi connectivity index (χ1n) is 5.41. The van der Waals surface area contributed by atoms with E-state index in [1.54, 1.807) is 0 Å². The number of aromatic nitrogens is 2. The first-order valence-corrected chi connectivity index (χ1v) is 5.41. The van der Waals surface area contributed by atoms with Gasteiger partial charge in [-0.1, -0.05) is 0 Å². The van der Waals surface area contributed by atoms with E-state index in [1.165, 1.54) is 0 Å². The van der Waals surface area contributed by atoms with Crippen LogP contribution in [0.3, 0.4) is 0 Å². The molecule has 4 nitrogen and oxygen atoms in total. The van der Waals surface area contributed by atoms with Crippen LogP contribution in [0, 0.1) is 6.92 Å². The second-order valence-electron chi connectivity index (χ2n) is 4.27. The van der Waals surface area contributed by atoms with E-state index in [0.717, 1.165) is 31.3 Å². The molecule has 82 valence electrons. The molecule has 1 aliphatic rings. The van der Waals surface area contributed by atoms with E-state index in [4.69, 9.17) is 0 Å². The van der Waals surface area contributed by atoms with Crippen molar-refractivity contribution < 1.29 is 0 Å². The summed E-state index contributed by atoms with van der Waals surface area (Å²) in [4.78, 5) is 13.4. The van der Waals surface area contributed by atoms with Gasteiger partial charge in [-0.3, -0.25) is 0 Å². The molecule has 1 fully saturated rings. The second kappa shape index (κ2) is 4.14. The normalized spacial score (nSPS) is 23.1. The number of piperazine rings is 1. The Morgan fingerprint density at radius 3 is 2.87 bits per heavy atom. The molecule has 15 heavy (non-hydrogen) atoms. The lowest BCUT2D eigenvalue weighted by Gasteiger charge is -2.37. The lowest BCUT2D eigenvalue weighted by molar-refractivity contribution is 0.232. The molecule has 1 saturated heterocycles. The van der Waals surface area contributed by atoms with Gasteiger partial charge in [-0.25, -0.2) is 9.97 Å². The van der Waals surface area contributed by atoms with Crippen molar-refractivity contribution in [3.63, 3.8) is 0 Å². The molecule has 1 atom stereocenters. The number of rotatable bonds is 1. The van der Waals surface area contributed by atoms with Crippen LogP contribution in [0.4, 0.5) is 5.95 Å². The van der Waals surface area contributed by atoms with Crippen molar-refractivity contribution in [1.29, 1.82) is 0 Å². The first kappa shape index (κ1) is 10.4. The van der Waals surface area contributed by atoms with Gasteiger partial charge in [-0.15, -0.1) is 0 Å². The number of aryl methyl sites for hydroxylation is 1. The Hall–Kier alpha value is -1.16. The van der Waals surface area contributed by atoms with Crippen LogP contribution < -0.4 is 4.90 Å². The summed E-state index contributed by atoms with van der Waals surface area (Å²) in [5.74, 6) is 0.870. The topological polar surface area (TPSA) is 32.3 Å². The monoisotopic (exact) mass is 206 g/mol. The van der Waals surface area contributed by atoms with Crippen molar-refractivity contribution in [3.05, 3.63) is 18.0 Å². The van der Waals surface area contributed by atoms with Crippen molar-refractivity contribution in [3.8, 4) is 0 Å². The minimum atomic E-state index is 0.572. The van der Waals surface area contributed by atoms with E-state index in [2.05, 4.69) is 33.7 Å². The average molecular weight is 206 g/mol. The molecule has 0 unspecified atom stereocenters. The predicted octanol–water partition coefficient (Wildman–Crippen LogP) is 0.925. The van der Waals surface area contributed by atoms with Gasteiger partial charge in [0.2, 0.25) is 5.95 Å². The van der Waals surface area contributed by atoms with Gasteiger partial charge in [0, 0.05) is 37.6 Å². The molecule has 1 aliphatic heterocycles. The second-order valence-corrected chi connectivity index (χ2v) is 4.27. The summed E-state index contributed by atoms with van der Waals surface area (Å²) in [7, 11) is 2.17. The largest absolute Gasteiger partial charge is 0.338 e. The molecular formula is C11H18N4. The number of hydrogen-bond donors (Lipinski definition) is 0. The maximum Gasteiger partial charge on any atom is 0.225 e. The van der Waals surface area contributed by atoms with E-state index in [0.29, 0.717) is 6.04 Å². The fourth-order valence-corrected chi connectivity index (χ4v) is 1.82. The van der Waals surface area contributed by atoms with Crippen molar-refractivity contribution in [1.82, 2.24) is 14.9 Å². The van der Waals surface area contributed by atoms with Crippen LogP contribution in [0.15, 0.2) is 12.3 Å². The van der Waals surface area contributed by atoms with Crippen LogP contribution in [0.25, 0.3) is 0 Å². The van der Waals surface area contributed by atoms with Crippen molar-refractivity contribution >= 4 is 5.95 Å². The van der Waals surface area contributed by atoms with E-state index in [1.807, 2.05) is 19.2 Å². The fraction of sp³-hybridized carbons (Fsp3) is 0.636. The average Bonchev–Trinajstić information content (AvgIpc) is 2.22. The number of anilines is 1. The van der Waals surface area contributed by atoms with Gasteiger partial charge in [-0.05, 0) is 27.0 Å². The number of likely N-dealkylation sites (N-methyl/N-ethyl adjacent to an activating group) is 1. The third-order valence-corrected chi connectivity index (χ3v) is 3.02. The van der Waals surface area contributed by atoms with E-state index < -0.39 is 0 Å². The van der Waals surface area contributed by atoms with Gasteiger partial charge in [0.1, 0.15) is 0 Å². The van der Waals surface area contributed by atoms with Gasteiger partial charge in [0.25, 0.3) is 0 Å². The third-order valence-electron chi connectivity index (χ3n) is 3.02. The molecule has 1 aromatic rings. The summed E-state index contributed by atoms with van der Waals surface area (Å²) < 4.78 is 0. The Kier molecular flexibility index (Phi) is 2.86. The number of nitrogens with zero attached hydrogens (tertiary/aromatic N) is 4. The Labute approximate surface area is 90.9 Å². The van der Waals surface area contributed by atoms with Gasteiger partial charge < -0.3 is 9.80 Å². The summed E-state index contributed by atoms with van der Waals surface area (Å²) in [6.07, 6.45) is 1.83. The lowest BCUT2D eigenvalue weighted by atomic mass is 10.2. The van der Waals surface area contributed by atoms with Crippen LogP contribution in [0.1, 0.15) is 12.6 Å². The highest BCUT2D eigenvalue weighted by Gasteiger charge is 2.22. The van der Waals surface area contributed by atoms with E-state index >= 15 is 0 Å². The Morgan fingerprint density at radius 2 is 2.20 bits per heavy atom. The summed E-state index contributed by atoms with van der Waals surface area (Å²) in [6.45, 7) is 7.36.